The van der Waals surface area contributed by atoms with Crippen LogP contribution in [0.3, 0.4) is 0 Å². The molecule has 0 radical (unpaired) electrons. The van der Waals surface area contributed by atoms with E-state index in [2.05, 4.69) is 0 Å². The maximum Gasteiger partial charge on any atom is 0.194 e. The van der Waals surface area contributed by atoms with Crippen molar-refractivity contribution >= 4 is 38.6 Å². The zero-order chi connectivity index (χ0) is 10.1. The van der Waals surface area contributed by atoms with Crippen LogP contribution >= 0.6 is 22.9 Å². The largest absolute Gasteiger partial charge is 0.299 e. The Bertz CT molecular complexity index is 419. The molecule has 13 heavy (non-hydrogen) atoms. The van der Waals surface area contributed by atoms with Crippen LogP contribution < -0.4 is 0 Å². The number of hydrogen-bond acceptors (Lipinski definition) is 4. The molecule has 0 atom stereocenters. The van der Waals surface area contributed by atoms with Crippen LogP contribution in [0.2, 0.25) is 4.34 Å². The van der Waals surface area contributed by atoms with Crippen LogP contribution in [0.1, 0.15) is 6.92 Å². The van der Waals surface area contributed by atoms with Gasteiger partial charge >= 0.3 is 0 Å². The zero-order valence-electron chi connectivity index (χ0n) is 6.78. The third-order valence-electron chi connectivity index (χ3n) is 1.25. The second-order valence-electron chi connectivity index (χ2n) is 2.52. The van der Waals surface area contributed by atoms with Crippen LogP contribution in [0.25, 0.3) is 0 Å². The number of sulfone groups is 1. The molecule has 0 aliphatic carbocycles. The minimum atomic E-state index is -3.45. The van der Waals surface area contributed by atoms with Gasteiger partial charge in [0.2, 0.25) is 0 Å². The SMILES string of the molecule is CC(=O)CS(=O)(=O)c1ccc(Cl)s1. The smallest absolute Gasteiger partial charge is 0.194 e. The lowest BCUT2D eigenvalue weighted by molar-refractivity contribution is -0.114. The van der Waals surface area contributed by atoms with Gasteiger partial charge in [-0.15, -0.1) is 11.3 Å². The maximum absolute atomic E-state index is 11.4. The van der Waals surface area contributed by atoms with Crippen LogP contribution in [-0.4, -0.2) is 20.0 Å². The molecular formula is C7H7ClO3S2. The van der Waals surface area contributed by atoms with Gasteiger partial charge in [0.05, 0.1) is 4.34 Å². The summed E-state index contributed by atoms with van der Waals surface area (Å²) in [5.41, 5.74) is 0. The summed E-state index contributed by atoms with van der Waals surface area (Å²) in [6.45, 7) is 1.24. The highest BCUT2D eigenvalue weighted by molar-refractivity contribution is 7.94. The van der Waals surface area contributed by atoms with Crippen molar-refractivity contribution in [2.45, 2.75) is 11.1 Å². The molecule has 0 bridgehead atoms. The first-order chi connectivity index (χ1) is 5.92. The molecule has 0 saturated carbocycles. The van der Waals surface area contributed by atoms with Crippen LogP contribution in [0.15, 0.2) is 16.3 Å². The zero-order valence-corrected chi connectivity index (χ0v) is 9.17. The Morgan fingerprint density at radius 1 is 1.54 bits per heavy atom. The Kier molecular flexibility index (Phi) is 3.10. The number of rotatable bonds is 3. The summed E-state index contributed by atoms with van der Waals surface area (Å²) in [6.07, 6.45) is 0. The summed E-state index contributed by atoms with van der Waals surface area (Å²) in [5, 5.41) is 0. The number of thiophene rings is 1. The quantitative estimate of drug-likeness (QED) is 0.807. The molecule has 1 aromatic rings. The van der Waals surface area contributed by atoms with E-state index in [1.54, 1.807) is 0 Å². The van der Waals surface area contributed by atoms with Gasteiger partial charge in [-0.1, -0.05) is 11.6 Å². The lowest BCUT2D eigenvalue weighted by Gasteiger charge is -1.95. The molecule has 0 aliphatic heterocycles. The van der Waals surface area contributed by atoms with E-state index in [-0.39, 0.29) is 9.99 Å². The molecule has 0 spiro atoms. The lowest BCUT2D eigenvalue weighted by atomic mass is 10.5. The third-order valence-corrected chi connectivity index (χ3v) is 4.82. The second-order valence-corrected chi connectivity index (χ2v) is 6.45. The highest BCUT2D eigenvalue weighted by atomic mass is 35.5. The average molecular weight is 239 g/mol. The van der Waals surface area contributed by atoms with E-state index in [1.165, 1.54) is 19.1 Å². The van der Waals surface area contributed by atoms with E-state index in [0.29, 0.717) is 4.34 Å². The number of Topliss-reactive ketones (excluding diaryl/α,β-unsaturated/α-hetero) is 1. The summed E-state index contributed by atoms with van der Waals surface area (Å²) < 4.78 is 23.3. The molecule has 0 N–H and O–H groups in total. The highest BCUT2D eigenvalue weighted by Gasteiger charge is 2.18. The van der Waals surface area contributed by atoms with Gasteiger partial charge in [-0.05, 0) is 19.1 Å². The van der Waals surface area contributed by atoms with Gasteiger partial charge < -0.3 is 0 Å². The van der Waals surface area contributed by atoms with Crippen LogP contribution in [0.5, 0.6) is 0 Å². The molecule has 72 valence electrons. The Balaban J connectivity index is 3.01. The monoisotopic (exact) mass is 238 g/mol. The molecule has 6 heteroatoms. The van der Waals surface area contributed by atoms with E-state index in [9.17, 15) is 13.2 Å². The van der Waals surface area contributed by atoms with Crippen molar-refractivity contribution in [2.24, 2.45) is 0 Å². The predicted molar refractivity (Wildman–Crippen MR) is 52.1 cm³/mol. The van der Waals surface area contributed by atoms with Gasteiger partial charge in [0.1, 0.15) is 15.7 Å². The van der Waals surface area contributed by atoms with Crippen molar-refractivity contribution in [2.75, 3.05) is 5.75 Å². The summed E-state index contributed by atoms with van der Waals surface area (Å²) in [5.74, 6) is -0.825. The van der Waals surface area contributed by atoms with E-state index in [1.807, 2.05) is 0 Å². The Labute approximate surface area is 85.3 Å². The molecule has 1 heterocycles. The molecule has 0 aromatic carbocycles. The number of carbonyl (C=O) groups excluding carboxylic acids is 1. The van der Waals surface area contributed by atoms with Crippen LogP contribution in [0.4, 0.5) is 0 Å². The molecule has 0 fully saturated rings. The summed E-state index contributed by atoms with van der Waals surface area (Å²) in [7, 11) is -3.45. The number of carbonyl (C=O) groups is 1. The Morgan fingerprint density at radius 2 is 2.15 bits per heavy atom. The first-order valence-corrected chi connectivity index (χ1v) is 6.24. The fourth-order valence-electron chi connectivity index (χ4n) is 0.804. The van der Waals surface area contributed by atoms with Gasteiger partial charge in [0.25, 0.3) is 0 Å². The molecule has 0 saturated heterocycles. The van der Waals surface area contributed by atoms with Crippen molar-refractivity contribution in [3.8, 4) is 0 Å². The Hall–Kier alpha value is -0.390. The van der Waals surface area contributed by atoms with Crippen LogP contribution in [-0.2, 0) is 14.6 Å². The molecule has 3 nitrogen and oxygen atoms in total. The Morgan fingerprint density at radius 3 is 2.54 bits per heavy atom. The van der Waals surface area contributed by atoms with Gasteiger partial charge in [-0.25, -0.2) is 8.42 Å². The minimum Gasteiger partial charge on any atom is -0.299 e. The molecule has 0 unspecified atom stereocenters. The lowest BCUT2D eigenvalue weighted by Crippen LogP contribution is -2.11. The van der Waals surface area contributed by atoms with Crippen molar-refractivity contribution < 1.29 is 13.2 Å². The topological polar surface area (TPSA) is 51.2 Å². The van der Waals surface area contributed by atoms with Gasteiger partial charge in [0, 0.05) is 0 Å². The highest BCUT2D eigenvalue weighted by Crippen LogP contribution is 2.26. The molecular weight excluding hydrogens is 232 g/mol. The van der Waals surface area contributed by atoms with E-state index >= 15 is 0 Å². The minimum absolute atomic E-state index is 0.146. The number of ketones is 1. The van der Waals surface area contributed by atoms with Crippen LogP contribution in [0, 0.1) is 0 Å². The summed E-state index contributed by atoms with van der Waals surface area (Å²) in [4.78, 5) is 10.6. The first-order valence-electron chi connectivity index (χ1n) is 3.39. The van der Waals surface area contributed by atoms with Crippen molar-refractivity contribution in [3.05, 3.63) is 16.5 Å². The molecule has 1 aromatic heterocycles. The molecule has 1 rings (SSSR count). The van der Waals surface area contributed by atoms with Crippen molar-refractivity contribution in [3.63, 3.8) is 0 Å². The average Bonchev–Trinajstić information content (AvgIpc) is 2.32. The molecule has 0 aliphatic rings. The van der Waals surface area contributed by atoms with Crippen molar-refractivity contribution in [1.82, 2.24) is 0 Å². The molecule has 0 amide bonds. The van der Waals surface area contributed by atoms with Gasteiger partial charge in [-0.3, -0.25) is 4.79 Å². The third kappa shape index (κ3) is 2.79. The fraction of sp³-hybridized carbons (Fsp3) is 0.286. The normalized spacial score (nSPS) is 11.5. The first kappa shape index (κ1) is 10.7. The number of halogens is 1. The van der Waals surface area contributed by atoms with Gasteiger partial charge in [-0.2, -0.15) is 0 Å². The maximum atomic E-state index is 11.4. The van der Waals surface area contributed by atoms with E-state index < -0.39 is 15.6 Å². The fourth-order valence-corrected chi connectivity index (χ4v) is 3.62. The van der Waals surface area contributed by atoms with Gasteiger partial charge in [0.15, 0.2) is 9.84 Å². The number of hydrogen-bond donors (Lipinski definition) is 0. The summed E-state index contributed by atoms with van der Waals surface area (Å²) >= 11 is 6.53. The standard InChI is InChI=1S/C7H7ClO3S2/c1-5(9)4-13(10,11)7-3-2-6(8)12-7/h2-3H,4H2,1H3. The van der Waals surface area contributed by atoms with E-state index in [4.69, 9.17) is 11.6 Å². The second kappa shape index (κ2) is 3.77. The summed E-state index contributed by atoms with van der Waals surface area (Å²) in [6, 6.07) is 2.91. The van der Waals surface area contributed by atoms with Crippen molar-refractivity contribution in [1.29, 1.82) is 0 Å². The van der Waals surface area contributed by atoms with E-state index in [0.717, 1.165) is 11.3 Å². The predicted octanol–water partition coefficient (Wildman–Crippen LogP) is 1.76.